The Labute approximate surface area is 163 Å². The van der Waals surface area contributed by atoms with E-state index in [1.807, 2.05) is 30.3 Å². The van der Waals surface area contributed by atoms with E-state index in [0.29, 0.717) is 38.2 Å². The van der Waals surface area contributed by atoms with Crippen molar-refractivity contribution in [3.8, 4) is 0 Å². The van der Waals surface area contributed by atoms with Gasteiger partial charge in [-0.25, -0.2) is 0 Å². The molecule has 2 aliphatic rings. The van der Waals surface area contributed by atoms with E-state index in [1.165, 1.54) is 0 Å². The molecule has 2 aromatic rings. The molecule has 1 atom stereocenters. The van der Waals surface area contributed by atoms with Crippen molar-refractivity contribution in [2.45, 2.75) is 19.0 Å². The van der Waals surface area contributed by atoms with Crippen LogP contribution >= 0.6 is 0 Å². The minimum absolute atomic E-state index is 0.0425. The van der Waals surface area contributed by atoms with Crippen LogP contribution in [0.1, 0.15) is 22.3 Å². The van der Waals surface area contributed by atoms with Crippen molar-refractivity contribution < 1.29 is 14.4 Å². The van der Waals surface area contributed by atoms with Crippen LogP contribution in [0.3, 0.4) is 0 Å². The first-order valence-electron chi connectivity index (χ1n) is 9.45. The number of benzene rings is 1. The van der Waals surface area contributed by atoms with Crippen LogP contribution in [0.15, 0.2) is 54.9 Å². The number of hydrogen-bond acceptors (Lipinski definition) is 4. The molecule has 1 aromatic carbocycles. The molecule has 0 spiro atoms. The van der Waals surface area contributed by atoms with Gasteiger partial charge >= 0.3 is 0 Å². The first-order valence-corrected chi connectivity index (χ1v) is 9.45. The molecule has 0 N–H and O–H groups in total. The fraction of sp³-hybridized carbons (Fsp3) is 0.333. The predicted molar refractivity (Wildman–Crippen MR) is 102 cm³/mol. The average molecular weight is 378 g/mol. The van der Waals surface area contributed by atoms with E-state index >= 15 is 0 Å². The Bertz CT molecular complexity index is 872. The monoisotopic (exact) mass is 378 g/mol. The molecule has 7 nitrogen and oxygen atoms in total. The molecule has 1 aromatic heterocycles. The minimum atomic E-state index is -0.503. The molecule has 2 fully saturated rings. The topological polar surface area (TPSA) is 73.8 Å². The van der Waals surface area contributed by atoms with Crippen molar-refractivity contribution >= 4 is 17.7 Å². The Morgan fingerprint density at radius 3 is 2.61 bits per heavy atom. The summed E-state index contributed by atoms with van der Waals surface area (Å²) in [5.41, 5.74) is 1.52. The van der Waals surface area contributed by atoms with Crippen LogP contribution in [0.2, 0.25) is 0 Å². The zero-order chi connectivity index (χ0) is 19.5. The van der Waals surface area contributed by atoms with Crippen LogP contribution in [0, 0.1) is 0 Å². The number of carbonyl (C=O) groups excluding carboxylic acids is 3. The Morgan fingerprint density at radius 1 is 1.04 bits per heavy atom. The summed E-state index contributed by atoms with van der Waals surface area (Å²) in [5, 5.41) is 0. The van der Waals surface area contributed by atoms with Crippen molar-refractivity contribution in [2.24, 2.45) is 0 Å². The maximum Gasteiger partial charge on any atom is 0.255 e. The lowest BCUT2D eigenvalue weighted by Crippen LogP contribution is -2.59. The van der Waals surface area contributed by atoms with Crippen LogP contribution in [0.4, 0.5) is 0 Å². The van der Waals surface area contributed by atoms with E-state index in [1.54, 1.807) is 39.2 Å². The highest BCUT2D eigenvalue weighted by Gasteiger charge is 2.41. The van der Waals surface area contributed by atoms with E-state index in [9.17, 15) is 14.4 Å². The highest BCUT2D eigenvalue weighted by Crippen LogP contribution is 2.21. The highest BCUT2D eigenvalue weighted by atomic mass is 16.2. The number of fused-ring (bicyclic) bond motifs is 1. The third kappa shape index (κ3) is 3.60. The number of carbonyl (C=O) groups is 3. The fourth-order valence-electron chi connectivity index (χ4n) is 3.84. The summed E-state index contributed by atoms with van der Waals surface area (Å²) in [4.78, 5) is 47.4. The second-order valence-corrected chi connectivity index (χ2v) is 7.11. The van der Waals surface area contributed by atoms with Gasteiger partial charge in [-0.15, -0.1) is 0 Å². The normalized spacial score (nSPS) is 20.0. The second kappa shape index (κ2) is 7.80. The summed E-state index contributed by atoms with van der Waals surface area (Å²) >= 11 is 0. The summed E-state index contributed by atoms with van der Waals surface area (Å²) in [6.45, 7) is 1.74. The molecule has 0 saturated carbocycles. The summed E-state index contributed by atoms with van der Waals surface area (Å²) in [5.74, 6) is -0.218. The number of rotatable bonds is 3. The average Bonchev–Trinajstić information content (AvgIpc) is 2.96. The zero-order valence-corrected chi connectivity index (χ0v) is 15.5. The van der Waals surface area contributed by atoms with E-state index in [-0.39, 0.29) is 24.3 Å². The second-order valence-electron chi connectivity index (χ2n) is 7.11. The molecule has 4 rings (SSSR count). The van der Waals surface area contributed by atoms with Crippen LogP contribution in [-0.4, -0.2) is 69.6 Å². The lowest BCUT2D eigenvalue weighted by molar-refractivity contribution is -0.156. The van der Waals surface area contributed by atoms with Gasteiger partial charge in [0.2, 0.25) is 11.8 Å². The first kappa shape index (κ1) is 18.2. The van der Waals surface area contributed by atoms with Gasteiger partial charge < -0.3 is 14.7 Å². The largest absolute Gasteiger partial charge is 0.337 e. The maximum atomic E-state index is 13.0. The Morgan fingerprint density at radius 2 is 1.86 bits per heavy atom. The standard InChI is InChI=1S/C21H22N4O3/c26-19-15-24(14-16-5-2-1-3-6-16)21(28)18-8-10-23(11-12-25(18)19)20(27)17-7-4-9-22-13-17/h1-7,9,13,18H,8,10-12,14-15H2. The SMILES string of the molecule is O=C(c1cccnc1)N1CCC2C(=O)N(Cc3ccccc3)CC(=O)N2CC1. The van der Waals surface area contributed by atoms with Gasteiger partial charge in [-0.05, 0) is 24.1 Å². The number of aromatic nitrogens is 1. The van der Waals surface area contributed by atoms with Crippen molar-refractivity contribution in [2.75, 3.05) is 26.2 Å². The van der Waals surface area contributed by atoms with Gasteiger partial charge in [0, 0.05) is 38.6 Å². The van der Waals surface area contributed by atoms with Gasteiger partial charge in [-0.3, -0.25) is 19.4 Å². The van der Waals surface area contributed by atoms with Gasteiger partial charge in [-0.2, -0.15) is 0 Å². The lowest BCUT2D eigenvalue weighted by Gasteiger charge is -2.39. The summed E-state index contributed by atoms with van der Waals surface area (Å²) in [6, 6.07) is 12.6. The van der Waals surface area contributed by atoms with Gasteiger partial charge in [-0.1, -0.05) is 30.3 Å². The van der Waals surface area contributed by atoms with Crippen LogP contribution in [0.5, 0.6) is 0 Å². The van der Waals surface area contributed by atoms with Gasteiger partial charge in [0.25, 0.3) is 5.91 Å². The lowest BCUT2D eigenvalue weighted by atomic mass is 10.1. The zero-order valence-electron chi connectivity index (χ0n) is 15.5. The van der Waals surface area contributed by atoms with Gasteiger partial charge in [0.15, 0.2) is 0 Å². The number of hydrogen-bond donors (Lipinski definition) is 0. The molecule has 144 valence electrons. The Kier molecular flexibility index (Phi) is 5.06. The Balaban J connectivity index is 1.47. The smallest absolute Gasteiger partial charge is 0.255 e. The van der Waals surface area contributed by atoms with Crippen LogP contribution in [0.25, 0.3) is 0 Å². The van der Waals surface area contributed by atoms with E-state index < -0.39 is 6.04 Å². The van der Waals surface area contributed by atoms with Crippen LogP contribution < -0.4 is 0 Å². The number of nitrogens with zero attached hydrogens (tertiary/aromatic N) is 4. The van der Waals surface area contributed by atoms with Crippen molar-refractivity contribution in [3.63, 3.8) is 0 Å². The van der Waals surface area contributed by atoms with E-state index in [0.717, 1.165) is 5.56 Å². The summed E-state index contributed by atoms with van der Waals surface area (Å²) in [6.07, 6.45) is 3.61. The molecule has 7 heteroatoms. The molecule has 28 heavy (non-hydrogen) atoms. The van der Waals surface area contributed by atoms with Crippen molar-refractivity contribution in [3.05, 3.63) is 66.0 Å². The molecule has 3 amide bonds. The van der Waals surface area contributed by atoms with E-state index in [4.69, 9.17) is 0 Å². The van der Waals surface area contributed by atoms with Crippen molar-refractivity contribution in [1.29, 1.82) is 0 Å². The molecular formula is C21H22N4O3. The maximum absolute atomic E-state index is 13.0. The number of piperazine rings is 1. The molecule has 3 heterocycles. The third-order valence-corrected chi connectivity index (χ3v) is 5.31. The highest BCUT2D eigenvalue weighted by molar-refractivity contribution is 5.96. The van der Waals surface area contributed by atoms with Gasteiger partial charge in [0.05, 0.1) is 5.56 Å². The van der Waals surface area contributed by atoms with E-state index in [2.05, 4.69) is 4.98 Å². The van der Waals surface area contributed by atoms with Crippen molar-refractivity contribution in [1.82, 2.24) is 19.7 Å². The fourth-order valence-corrected chi connectivity index (χ4v) is 3.84. The summed E-state index contributed by atoms with van der Waals surface area (Å²) in [7, 11) is 0. The minimum Gasteiger partial charge on any atom is -0.337 e. The Hall–Kier alpha value is -3.22. The van der Waals surface area contributed by atoms with Gasteiger partial charge in [0.1, 0.15) is 12.6 Å². The molecule has 1 unspecified atom stereocenters. The van der Waals surface area contributed by atoms with Crippen LogP contribution in [-0.2, 0) is 16.1 Å². The quantitative estimate of drug-likeness (QED) is 0.804. The number of amides is 3. The third-order valence-electron chi connectivity index (χ3n) is 5.31. The molecule has 2 saturated heterocycles. The first-order chi connectivity index (χ1) is 13.6. The molecule has 0 bridgehead atoms. The molecule has 0 aliphatic carbocycles. The summed E-state index contributed by atoms with van der Waals surface area (Å²) < 4.78 is 0. The number of pyridine rings is 1. The predicted octanol–water partition coefficient (Wildman–Crippen LogP) is 1.17. The molecule has 0 radical (unpaired) electrons. The molecular weight excluding hydrogens is 356 g/mol. The molecule has 2 aliphatic heterocycles.